The van der Waals surface area contributed by atoms with Gasteiger partial charge in [0.2, 0.25) is 10.0 Å². The highest BCUT2D eigenvalue weighted by atomic mass is 79.9. The lowest BCUT2D eigenvalue weighted by Gasteiger charge is -2.12. The molecule has 33 heavy (non-hydrogen) atoms. The molecule has 2 heterocycles. The third-order valence-electron chi connectivity index (χ3n) is 4.59. The summed E-state index contributed by atoms with van der Waals surface area (Å²) in [6, 6.07) is 17.4. The first-order chi connectivity index (χ1) is 15.6. The van der Waals surface area contributed by atoms with Crippen molar-refractivity contribution < 1.29 is 21.4 Å². The predicted molar refractivity (Wildman–Crippen MR) is 127 cm³/mol. The topological polar surface area (TPSA) is 143 Å². The molecule has 0 aliphatic heterocycles. The van der Waals surface area contributed by atoms with Gasteiger partial charge >= 0.3 is 0 Å². The van der Waals surface area contributed by atoms with Gasteiger partial charge in [0.25, 0.3) is 10.1 Å². The maximum atomic E-state index is 12.3. The van der Waals surface area contributed by atoms with Crippen LogP contribution in [-0.4, -0.2) is 48.3 Å². The summed E-state index contributed by atoms with van der Waals surface area (Å²) in [6.07, 6.45) is 1.64. The number of nitrogens with zero attached hydrogens (tertiary/aromatic N) is 3. The molecule has 0 fully saturated rings. The summed E-state index contributed by atoms with van der Waals surface area (Å²) in [4.78, 5) is 4.62. The van der Waals surface area contributed by atoms with Gasteiger partial charge in [0.05, 0.1) is 27.0 Å². The Labute approximate surface area is 198 Å². The van der Waals surface area contributed by atoms with Crippen molar-refractivity contribution in [2.45, 2.75) is 4.90 Å². The van der Waals surface area contributed by atoms with Gasteiger partial charge in [-0.1, -0.05) is 30.3 Å². The minimum Gasteiger partial charge on any atom is -0.340 e. The number of nitrogens with one attached hydrogen (secondary N) is 2. The van der Waals surface area contributed by atoms with Crippen LogP contribution in [0.4, 0.5) is 11.5 Å². The van der Waals surface area contributed by atoms with Gasteiger partial charge < -0.3 is 5.32 Å². The maximum Gasteiger partial charge on any atom is 0.266 e. The van der Waals surface area contributed by atoms with E-state index in [4.69, 9.17) is 4.55 Å². The Kier molecular flexibility index (Phi) is 6.50. The number of rotatable bonds is 8. The lowest BCUT2D eigenvalue weighted by atomic mass is 10.1. The van der Waals surface area contributed by atoms with Gasteiger partial charge in [-0.05, 0) is 40.2 Å². The SMILES string of the molecule is O=S(=O)(O)CCNS(=O)(=O)c1ccc(Nc2cc(-c3ccccc3)nc3c(Br)cnn23)cc1. The minimum absolute atomic E-state index is 0.0462. The molecule has 4 rings (SSSR count). The van der Waals surface area contributed by atoms with E-state index in [-0.39, 0.29) is 4.90 Å². The van der Waals surface area contributed by atoms with Crippen LogP contribution in [0.2, 0.25) is 0 Å². The van der Waals surface area contributed by atoms with Gasteiger partial charge in [0.1, 0.15) is 5.82 Å². The molecular weight excluding hydrogens is 534 g/mol. The Balaban J connectivity index is 1.60. The van der Waals surface area contributed by atoms with Crippen molar-refractivity contribution in [3.63, 3.8) is 0 Å². The van der Waals surface area contributed by atoms with Gasteiger partial charge in [0, 0.05) is 23.9 Å². The van der Waals surface area contributed by atoms with Crippen molar-refractivity contribution in [1.82, 2.24) is 19.3 Å². The molecule has 0 saturated heterocycles. The van der Waals surface area contributed by atoms with Crippen molar-refractivity contribution in [3.05, 3.63) is 71.3 Å². The highest BCUT2D eigenvalue weighted by Crippen LogP contribution is 2.28. The number of benzene rings is 2. The Hall–Kier alpha value is -2.84. The first kappa shape index (κ1) is 23.3. The molecule has 0 unspecified atom stereocenters. The second kappa shape index (κ2) is 9.19. The highest BCUT2D eigenvalue weighted by molar-refractivity contribution is 9.10. The average Bonchev–Trinajstić information content (AvgIpc) is 3.15. The summed E-state index contributed by atoms with van der Waals surface area (Å²) in [5.41, 5.74) is 2.87. The minimum atomic E-state index is -4.26. The fraction of sp³-hybridized carbons (Fsp3) is 0.100. The third-order valence-corrected chi connectivity index (χ3v) is 7.34. The van der Waals surface area contributed by atoms with Gasteiger partial charge in [-0.2, -0.15) is 18.0 Å². The van der Waals surface area contributed by atoms with Crippen LogP contribution in [0.5, 0.6) is 0 Å². The quantitative estimate of drug-likeness (QED) is 0.283. The van der Waals surface area contributed by atoms with Crippen molar-refractivity contribution in [2.75, 3.05) is 17.6 Å². The highest BCUT2D eigenvalue weighted by Gasteiger charge is 2.16. The molecule has 0 saturated carbocycles. The second-order valence-electron chi connectivity index (χ2n) is 6.95. The fourth-order valence-corrected chi connectivity index (χ4v) is 4.90. The maximum absolute atomic E-state index is 12.3. The third kappa shape index (κ3) is 5.57. The Bertz CT molecular complexity index is 1510. The summed E-state index contributed by atoms with van der Waals surface area (Å²) < 4.78 is 59.5. The molecule has 172 valence electrons. The van der Waals surface area contributed by atoms with E-state index in [0.717, 1.165) is 15.7 Å². The van der Waals surface area contributed by atoms with Crippen molar-refractivity contribution >= 4 is 53.2 Å². The Morgan fingerprint density at radius 2 is 1.70 bits per heavy atom. The summed E-state index contributed by atoms with van der Waals surface area (Å²) in [5, 5.41) is 7.55. The Morgan fingerprint density at radius 1 is 1.00 bits per heavy atom. The molecule has 13 heteroatoms. The number of hydrogen-bond donors (Lipinski definition) is 3. The zero-order valence-electron chi connectivity index (χ0n) is 16.9. The molecule has 4 aromatic rings. The zero-order valence-corrected chi connectivity index (χ0v) is 20.1. The summed E-state index contributed by atoms with van der Waals surface area (Å²) >= 11 is 3.46. The van der Waals surface area contributed by atoms with Gasteiger partial charge in [-0.25, -0.2) is 18.1 Å². The van der Waals surface area contributed by atoms with Crippen LogP contribution in [0.25, 0.3) is 16.9 Å². The van der Waals surface area contributed by atoms with Crippen LogP contribution in [0.3, 0.4) is 0 Å². The normalized spacial score (nSPS) is 12.2. The molecule has 0 atom stereocenters. The van der Waals surface area contributed by atoms with E-state index in [1.165, 1.54) is 12.1 Å². The number of hydrogen-bond acceptors (Lipinski definition) is 7. The van der Waals surface area contributed by atoms with Crippen molar-refractivity contribution in [3.8, 4) is 11.3 Å². The van der Waals surface area contributed by atoms with Crippen LogP contribution >= 0.6 is 15.9 Å². The summed E-state index contributed by atoms with van der Waals surface area (Å²) in [5.74, 6) is -0.0981. The molecule has 0 aliphatic carbocycles. The number of halogens is 1. The molecule has 0 spiro atoms. The molecular formula is C20H18BrN5O5S2. The number of aromatic nitrogens is 3. The summed E-state index contributed by atoms with van der Waals surface area (Å²) in [7, 11) is -8.20. The van der Waals surface area contributed by atoms with Crippen LogP contribution in [0.15, 0.2) is 76.2 Å². The van der Waals surface area contributed by atoms with E-state index in [1.807, 2.05) is 36.4 Å². The molecule has 2 aromatic heterocycles. The van der Waals surface area contributed by atoms with Crippen LogP contribution < -0.4 is 10.0 Å². The molecule has 0 radical (unpaired) electrons. The van der Waals surface area contributed by atoms with E-state index in [1.54, 1.807) is 22.8 Å². The van der Waals surface area contributed by atoms with Crippen LogP contribution in [0.1, 0.15) is 0 Å². The molecule has 0 aliphatic rings. The summed E-state index contributed by atoms with van der Waals surface area (Å²) in [6.45, 7) is -0.438. The number of sulfonamides is 1. The Morgan fingerprint density at radius 3 is 2.36 bits per heavy atom. The van der Waals surface area contributed by atoms with E-state index in [9.17, 15) is 16.8 Å². The van der Waals surface area contributed by atoms with Gasteiger partial charge in [-0.15, -0.1) is 0 Å². The molecule has 3 N–H and O–H groups in total. The van der Waals surface area contributed by atoms with Crippen LogP contribution in [-0.2, 0) is 20.1 Å². The standard InChI is InChI=1S/C20H18BrN5O5S2/c21-17-13-22-26-19(12-18(25-20(17)26)14-4-2-1-3-5-14)24-15-6-8-16(9-7-15)33(30,31)23-10-11-32(27,28)29/h1-9,12-13,23-24H,10-11H2,(H,27,28,29). The smallest absolute Gasteiger partial charge is 0.266 e. The monoisotopic (exact) mass is 551 g/mol. The predicted octanol–water partition coefficient (Wildman–Crippen LogP) is 3.07. The molecule has 0 amide bonds. The number of anilines is 2. The van der Waals surface area contributed by atoms with Crippen molar-refractivity contribution in [2.24, 2.45) is 0 Å². The molecule has 0 bridgehead atoms. The lowest BCUT2D eigenvalue weighted by molar-refractivity contribution is 0.482. The van der Waals surface area contributed by atoms with E-state index >= 15 is 0 Å². The van der Waals surface area contributed by atoms with E-state index in [2.05, 4.69) is 36.1 Å². The first-order valence-corrected chi connectivity index (χ1v) is 13.4. The van der Waals surface area contributed by atoms with Crippen LogP contribution in [0, 0.1) is 0 Å². The largest absolute Gasteiger partial charge is 0.340 e. The number of fused-ring (bicyclic) bond motifs is 1. The van der Waals surface area contributed by atoms with E-state index < -0.39 is 32.4 Å². The lowest BCUT2D eigenvalue weighted by Crippen LogP contribution is -2.29. The van der Waals surface area contributed by atoms with Gasteiger partial charge in [0.15, 0.2) is 5.65 Å². The van der Waals surface area contributed by atoms with Gasteiger partial charge in [-0.3, -0.25) is 4.55 Å². The molecule has 10 nitrogen and oxygen atoms in total. The second-order valence-corrected chi connectivity index (χ2v) is 11.1. The molecule has 2 aromatic carbocycles. The average molecular weight is 552 g/mol. The van der Waals surface area contributed by atoms with E-state index in [0.29, 0.717) is 17.2 Å². The first-order valence-electron chi connectivity index (χ1n) is 9.54. The van der Waals surface area contributed by atoms with Crippen molar-refractivity contribution in [1.29, 1.82) is 0 Å². The fourth-order valence-electron chi connectivity index (χ4n) is 3.04. The zero-order chi connectivity index (χ0) is 23.6.